The van der Waals surface area contributed by atoms with E-state index in [0.29, 0.717) is 5.92 Å². The quantitative estimate of drug-likeness (QED) is 0.916. The number of nitrogens with one attached hydrogen (secondary N) is 1. The Kier molecular flexibility index (Phi) is 3.81. The van der Waals surface area contributed by atoms with Gasteiger partial charge >= 0.3 is 0 Å². The lowest BCUT2D eigenvalue weighted by atomic mass is 9.72. The standard InChI is InChI=1S/C17H24N4/c1-13(2)9-21-16(19-12-20-21)8-17(10-18-11-17)15-6-4-14(3)5-7-15/h4-7,12-13,18H,8-11H2,1-3H3. The Bertz CT molecular complexity index is 594. The van der Waals surface area contributed by atoms with E-state index in [1.165, 1.54) is 11.1 Å². The summed E-state index contributed by atoms with van der Waals surface area (Å²) in [4.78, 5) is 4.50. The maximum Gasteiger partial charge on any atom is 0.138 e. The molecule has 1 aliphatic rings. The molecule has 0 saturated carbocycles. The van der Waals surface area contributed by atoms with Crippen LogP contribution in [0.2, 0.25) is 0 Å². The Morgan fingerprint density at radius 1 is 1.24 bits per heavy atom. The van der Waals surface area contributed by atoms with E-state index in [1.54, 1.807) is 6.33 Å². The number of benzene rings is 1. The summed E-state index contributed by atoms with van der Waals surface area (Å²) in [6.07, 6.45) is 2.64. The third-order valence-corrected chi connectivity index (χ3v) is 4.32. The number of aryl methyl sites for hydroxylation is 1. The van der Waals surface area contributed by atoms with Crippen LogP contribution >= 0.6 is 0 Å². The van der Waals surface area contributed by atoms with Crippen molar-refractivity contribution in [1.29, 1.82) is 0 Å². The topological polar surface area (TPSA) is 42.7 Å². The van der Waals surface area contributed by atoms with Crippen LogP contribution in [0, 0.1) is 12.8 Å². The van der Waals surface area contributed by atoms with Crippen LogP contribution in [0.3, 0.4) is 0 Å². The summed E-state index contributed by atoms with van der Waals surface area (Å²) < 4.78 is 2.07. The third kappa shape index (κ3) is 2.86. The maximum absolute atomic E-state index is 4.50. The summed E-state index contributed by atoms with van der Waals surface area (Å²) in [5.41, 5.74) is 2.89. The molecule has 1 saturated heterocycles. The minimum atomic E-state index is 0.176. The first-order valence-electron chi connectivity index (χ1n) is 7.74. The van der Waals surface area contributed by atoms with Crippen molar-refractivity contribution in [3.05, 3.63) is 47.5 Å². The SMILES string of the molecule is Cc1ccc(C2(Cc3ncnn3CC(C)C)CNC2)cc1. The number of nitrogens with zero attached hydrogens (tertiary/aromatic N) is 3. The minimum Gasteiger partial charge on any atom is -0.315 e. The lowest BCUT2D eigenvalue weighted by Gasteiger charge is -2.43. The minimum absolute atomic E-state index is 0.176. The fourth-order valence-electron chi connectivity index (χ4n) is 2.99. The van der Waals surface area contributed by atoms with E-state index in [4.69, 9.17) is 0 Å². The maximum atomic E-state index is 4.50. The average Bonchev–Trinajstić information content (AvgIpc) is 2.81. The lowest BCUT2D eigenvalue weighted by molar-refractivity contribution is 0.264. The molecule has 0 spiro atoms. The van der Waals surface area contributed by atoms with Gasteiger partial charge in [0.25, 0.3) is 0 Å². The molecule has 4 heteroatoms. The molecule has 21 heavy (non-hydrogen) atoms. The van der Waals surface area contributed by atoms with Crippen molar-refractivity contribution in [3.8, 4) is 0 Å². The van der Waals surface area contributed by atoms with Crippen LogP contribution in [0.4, 0.5) is 0 Å². The van der Waals surface area contributed by atoms with Crippen LogP contribution in [0.5, 0.6) is 0 Å². The zero-order valence-electron chi connectivity index (χ0n) is 13.1. The monoisotopic (exact) mass is 284 g/mol. The van der Waals surface area contributed by atoms with Gasteiger partial charge in [-0.3, -0.25) is 0 Å². The van der Waals surface area contributed by atoms with E-state index >= 15 is 0 Å². The van der Waals surface area contributed by atoms with E-state index < -0.39 is 0 Å². The van der Waals surface area contributed by atoms with Crippen molar-refractivity contribution in [2.45, 2.75) is 39.2 Å². The molecule has 1 N–H and O–H groups in total. The highest BCUT2D eigenvalue weighted by molar-refractivity contribution is 5.33. The molecule has 1 aliphatic heterocycles. The highest BCUT2D eigenvalue weighted by atomic mass is 15.3. The highest BCUT2D eigenvalue weighted by Crippen LogP contribution is 2.32. The fraction of sp³-hybridized carbons (Fsp3) is 0.529. The van der Waals surface area contributed by atoms with Crippen LogP contribution in [0.15, 0.2) is 30.6 Å². The number of hydrogen-bond donors (Lipinski definition) is 1. The van der Waals surface area contributed by atoms with Gasteiger partial charge in [0.1, 0.15) is 12.2 Å². The molecule has 0 unspecified atom stereocenters. The second-order valence-electron chi connectivity index (χ2n) is 6.68. The number of aromatic nitrogens is 3. The predicted molar refractivity (Wildman–Crippen MR) is 84.3 cm³/mol. The van der Waals surface area contributed by atoms with Crippen LogP contribution in [0.25, 0.3) is 0 Å². The van der Waals surface area contributed by atoms with Gasteiger partial charge in [0.2, 0.25) is 0 Å². The van der Waals surface area contributed by atoms with Crippen molar-refractivity contribution in [2.24, 2.45) is 5.92 Å². The van der Waals surface area contributed by atoms with Gasteiger partial charge in [-0.05, 0) is 18.4 Å². The molecule has 1 fully saturated rings. The van der Waals surface area contributed by atoms with Gasteiger partial charge in [0.15, 0.2) is 0 Å². The van der Waals surface area contributed by atoms with E-state index in [0.717, 1.165) is 31.9 Å². The molecule has 1 aromatic carbocycles. The van der Waals surface area contributed by atoms with Crippen LogP contribution in [0.1, 0.15) is 30.8 Å². The highest BCUT2D eigenvalue weighted by Gasteiger charge is 2.40. The van der Waals surface area contributed by atoms with Gasteiger partial charge in [-0.1, -0.05) is 43.7 Å². The summed E-state index contributed by atoms with van der Waals surface area (Å²) in [5, 5.41) is 7.82. The van der Waals surface area contributed by atoms with Gasteiger partial charge in [0, 0.05) is 31.5 Å². The van der Waals surface area contributed by atoms with Crippen LogP contribution in [-0.2, 0) is 18.4 Å². The van der Waals surface area contributed by atoms with Crippen molar-refractivity contribution < 1.29 is 0 Å². The summed E-state index contributed by atoms with van der Waals surface area (Å²) in [5.74, 6) is 1.69. The molecular weight excluding hydrogens is 260 g/mol. The zero-order chi connectivity index (χ0) is 14.9. The van der Waals surface area contributed by atoms with E-state index in [9.17, 15) is 0 Å². The molecule has 4 nitrogen and oxygen atoms in total. The second-order valence-corrected chi connectivity index (χ2v) is 6.68. The number of rotatable bonds is 5. The second kappa shape index (κ2) is 5.60. The molecule has 0 bridgehead atoms. The Morgan fingerprint density at radius 3 is 2.52 bits per heavy atom. The largest absolute Gasteiger partial charge is 0.315 e. The smallest absolute Gasteiger partial charge is 0.138 e. The number of hydrogen-bond acceptors (Lipinski definition) is 3. The molecular formula is C17H24N4. The summed E-state index contributed by atoms with van der Waals surface area (Å²) in [6.45, 7) is 9.54. The van der Waals surface area contributed by atoms with Crippen LogP contribution in [-0.4, -0.2) is 27.9 Å². The molecule has 112 valence electrons. The van der Waals surface area contributed by atoms with E-state index in [2.05, 4.69) is 65.1 Å². The fourth-order valence-corrected chi connectivity index (χ4v) is 2.99. The van der Waals surface area contributed by atoms with Gasteiger partial charge in [-0.25, -0.2) is 9.67 Å². The molecule has 0 amide bonds. The van der Waals surface area contributed by atoms with E-state index in [1.807, 2.05) is 0 Å². The van der Waals surface area contributed by atoms with Crippen molar-refractivity contribution in [2.75, 3.05) is 13.1 Å². The van der Waals surface area contributed by atoms with Crippen LogP contribution < -0.4 is 5.32 Å². The Balaban J connectivity index is 1.84. The van der Waals surface area contributed by atoms with E-state index in [-0.39, 0.29) is 5.41 Å². The van der Waals surface area contributed by atoms with Gasteiger partial charge in [-0.15, -0.1) is 0 Å². The van der Waals surface area contributed by atoms with Crippen molar-refractivity contribution in [3.63, 3.8) is 0 Å². The third-order valence-electron chi connectivity index (χ3n) is 4.32. The molecule has 3 rings (SSSR count). The first-order valence-corrected chi connectivity index (χ1v) is 7.74. The Morgan fingerprint density at radius 2 is 1.95 bits per heavy atom. The summed E-state index contributed by atoms with van der Waals surface area (Å²) in [7, 11) is 0. The molecule has 0 aliphatic carbocycles. The van der Waals surface area contributed by atoms with Gasteiger partial charge < -0.3 is 5.32 Å². The molecule has 0 atom stereocenters. The molecule has 1 aromatic heterocycles. The molecule has 2 aromatic rings. The summed E-state index contributed by atoms with van der Waals surface area (Å²) in [6, 6.07) is 8.93. The Hall–Kier alpha value is -1.68. The van der Waals surface area contributed by atoms with Crippen molar-refractivity contribution >= 4 is 0 Å². The summed E-state index contributed by atoms with van der Waals surface area (Å²) >= 11 is 0. The zero-order valence-corrected chi connectivity index (χ0v) is 13.1. The normalized spacial score (nSPS) is 17.0. The van der Waals surface area contributed by atoms with Crippen molar-refractivity contribution in [1.82, 2.24) is 20.1 Å². The molecule has 0 radical (unpaired) electrons. The first kappa shape index (κ1) is 14.3. The Labute approximate surface area is 126 Å². The molecule has 2 heterocycles. The van der Waals surface area contributed by atoms with Gasteiger partial charge in [0.05, 0.1) is 0 Å². The lowest BCUT2D eigenvalue weighted by Crippen LogP contribution is -2.58. The first-order chi connectivity index (χ1) is 10.1. The predicted octanol–water partition coefficient (Wildman–Crippen LogP) is 2.33. The van der Waals surface area contributed by atoms with Gasteiger partial charge in [-0.2, -0.15) is 5.10 Å². The average molecular weight is 284 g/mol.